The van der Waals surface area contributed by atoms with Gasteiger partial charge < -0.3 is 9.84 Å². The molecule has 0 aromatic heterocycles. The second-order valence-electron chi connectivity index (χ2n) is 1.60. The summed E-state index contributed by atoms with van der Waals surface area (Å²) in [5.74, 6) is 1.08. The molecule has 0 atom stereocenters. The molecule has 0 spiro atoms. The van der Waals surface area contributed by atoms with Crippen LogP contribution < -0.4 is 0 Å². The number of ether oxygens (including phenoxy) is 1. The van der Waals surface area contributed by atoms with E-state index in [1.54, 1.807) is 6.92 Å². The third-order valence-corrected chi connectivity index (χ3v) is 1.06. The summed E-state index contributed by atoms with van der Waals surface area (Å²) in [7, 11) is 0. The summed E-state index contributed by atoms with van der Waals surface area (Å²) in [4.78, 5) is 0. The summed E-state index contributed by atoms with van der Waals surface area (Å²) >= 11 is 0. The number of hydrogen-bond acceptors (Lipinski definition) is 2. The second-order valence-corrected chi connectivity index (χ2v) is 1.60. The molecule has 40 valence electrons. The van der Waals surface area contributed by atoms with Crippen LogP contribution in [0.3, 0.4) is 0 Å². The Hall–Kier alpha value is -0.660. The molecule has 0 aromatic rings. The molecule has 2 nitrogen and oxygen atoms in total. The van der Waals surface area contributed by atoms with Crippen molar-refractivity contribution in [2.75, 3.05) is 6.61 Å². The highest BCUT2D eigenvalue weighted by atomic mass is 16.5. The molecule has 7 heavy (non-hydrogen) atoms. The van der Waals surface area contributed by atoms with Crippen LogP contribution >= 0.6 is 0 Å². The molecule has 0 fully saturated rings. The van der Waals surface area contributed by atoms with E-state index in [1.165, 1.54) is 0 Å². The normalized spacial score (nSPS) is 20.1. The largest absolute Gasteiger partial charge is 0.509 e. The van der Waals surface area contributed by atoms with Gasteiger partial charge in [0, 0.05) is 6.42 Å². The monoisotopic (exact) mass is 100 g/mol. The summed E-state index contributed by atoms with van der Waals surface area (Å²) < 4.78 is 4.89. The van der Waals surface area contributed by atoms with Gasteiger partial charge in [-0.05, 0) is 6.92 Å². The fourth-order valence-corrected chi connectivity index (χ4v) is 0.560. The van der Waals surface area contributed by atoms with Crippen LogP contribution in [0.5, 0.6) is 0 Å². The number of allylic oxidation sites excluding steroid dienone is 1. The fraction of sp³-hybridized carbons (Fsp3) is 0.600. The molecule has 1 N–H and O–H groups in total. The van der Waals surface area contributed by atoms with Crippen molar-refractivity contribution in [2.45, 2.75) is 13.3 Å². The summed E-state index contributed by atoms with van der Waals surface area (Å²) in [5.41, 5.74) is 0. The van der Waals surface area contributed by atoms with Crippen molar-refractivity contribution in [2.24, 2.45) is 0 Å². The standard InChI is InChI=1S/C5H8O2/c1-4-5(6)2-3-7-4/h6H,2-3H2,1H3. The maximum atomic E-state index is 8.75. The molecule has 1 heterocycles. The molecule has 0 aromatic carbocycles. The van der Waals surface area contributed by atoms with Crippen molar-refractivity contribution in [3.05, 3.63) is 11.5 Å². The van der Waals surface area contributed by atoms with Gasteiger partial charge in [0.2, 0.25) is 0 Å². The molecule has 0 radical (unpaired) electrons. The van der Waals surface area contributed by atoms with Crippen molar-refractivity contribution >= 4 is 0 Å². The van der Waals surface area contributed by atoms with Gasteiger partial charge >= 0.3 is 0 Å². The zero-order valence-corrected chi connectivity index (χ0v) is 4.27. The molecule has 0 saturated carbocycles. The Balaban J connectivity index is 2.64. The van der Waals surface area contributed by atoms with Gasteiger partial charge in [0.15, 0.2) is 0 Å². The minimum absolute atomic E-state index is 0.403. The van der Waals surface area contributed by atoms with E-state index < -0.39 is 0 Å². The fourth-order valence-electron chi connectivity index (χ4n) is 0.560. The van der Waals surface area contributed by atoms with E-state index in [-0.39, 0.29) is 0 Å². The van der Waals surface area contributed by atoms with Crippen LogP contribution in [0.4, 0.5) is 0 Å². The molecular weight excluding hydrogens is 92.1 g/mol. The predicted molar refractivity (Wildman–Crippen MR) is 25.9 cm³/mol. The van der Waals surface area contributed by atoms with Gasteiger partial charge in [0.1, 0.15) is 11.5 Å². The molecule has 0 saturated heterocycles. The maximum absolute atomic E-state index is 8.75. The van der Waals surface area contributed by atoms with Crippen molar-refractivity contribution in [3.8, 4) is 0 Å². The zero-order valence-electron chi connectivity index (χ0n) is 4.27. The highest BCUT2D eigenvalue weighted by molar-refractivity contribution is 5.00. The Morgan fingerprint density at radius 3 is 2.57 bits per heavy atom. The van der Waals surface area contributed by atoms with E-state index in [4.69, 9.17) is 9.84 Å². The van der Waals surface area contributed by atoms with Crippen LogP contribution in [0.15, 0.2) is 11.5 Å². The predicted octanol–water partition coefficient (Wildman–Crippen LogP) is 1.20. The molecule has 1 aliphatic rings. The lowest BCUT2D eigenvalue weighted by molar-refractivity contribution is 0.246. The first-order valence-corrected chi connectivity index (χ1v) is 2.32. The number of aliphatic hydroxyl groups excluding tert-OH is 1. The van der Waals surface area contributed by atoms with Crippen LogP contribution in [0.1, 0.15) is 13.3 Å². The minimum Gasteiger partial charge on any atom is -0.509 e. The molecule has 0 unspecified atom stereocenters. The average Bonchev–Trinajstić information content (AvgIpc) is 1.91. The highest BCUT2D eigenvalue weighted by Crippen LogP contribution is 2.14. The Morgan fingerprint density at radius 2 is 2.43 bits per heavy atom. The van der Waals surface area contributed by atoms with E-state index in [2.05, 4.69) is 0 Å². The lowest BCUT2D eigenvalue weighted by atomic mass is 10.4. The zero-order chi connectivity index (χ0) is 5.28. The van der Waals surface area contributed by atoms with E-state index in [0.717, 1.165) is 0 Å². The summed E-state index contributed by atoms with van der Waals surface area (Å²) in [6.07, 6.45) is 0.686. The Kier molecular flexibility index (Phi) is 0.929. The summed E-state index contributed by atoms with van der Waals surface area (Å²) in [6.45, 7) is 2.42. The van der Waals surface area contributed by atoms with E-state index in [9.17, 15) is 0 Å². The van der Waals surface area contributed by atoms with Crippen LogP contribution in [-0.2, 0) is 4.74 Å². The maximum Gasteiger partial charge on any atom is 0.133 e. The molecule has 0 aliphatic carbocycles. The van der Waals surface area contributed by atoms with Gasteiger partial charge in [0.05, 0.1) is 6.61 Å². The highest BCUT2D eigenvalue weighted by Gasteiger charge is 2.07. The quantitative estimate of drug-likeness (QED) is 0.495. The van der Waals surface area contributed by atoms with E-state index >= 15 is 0 Å². The molecule has 0 amide bonds. The smallest absolute Gasteiger partial charge is 0.133 e. The van der Waals surface area contributed by atoms with Crippen LogP contribution in [0.25, 0.3) is 0 Å². The first-order valence-electron chi connectivity index (χ1n) is 2.32. The van der Waals surface area contributed by atoms with E-state index in [1.807, 2.05) is 0 Å². The van der Waals surface area contributed by atoms with Crippen molar-refractivity contribution in [3.63, 3.8) is 0 Å². The van der Waals surface area contributed by atoms with Crippen molar-refractivity contribution < 1.29 is 9.84 Å². The van der Waals surface area contributed by atoms with Gasteiger partial charge in [-0.25, -0.2) is 0 Å². The molecular formula is C5H8O2. The van der Waals surface area contributed by atoms with Crippen LogP contribution in [0, 0.1) is 0 Å². The Labute approximate surface area is 42.4 Å². The Morgan fingerprint density at radius 1 is 1.71 bits per heavy atom. The number of rotatable bonds is 0. The first kappa shape index (κ1) is 4.50. The Bertz CT molecular complexity index is 92.6. The molecule has 0 bridgehead atoms. The average molecular weight is 100 g/mol. The number of aliphatic hydroxyl groups is 1. The van der Waals surface area contributed by atoms with Crippen LogP contribution in [0.2, 0.25) is 0 Å². The van der Waals surface area contributed by atoms with Crippen LogP contribution in [-0.4, -0.2) is 11.7 Å². The molecule has 2 heteroatoms. The van der Waals surface area contributed by atoms with Gasteiger partial charge in [-0.2, -0.15) is 0 Å². The summed E-state index contributed by atoms with van der Waals surface area (Å²) in [5, 5.41) is 8.75. The lowest BCUT2D eigenvalue weighted by Gasteiger charge is -1.89. The SMILES string of the molecule is CC1=C(O)CCO1. The number of hydrogen-bond donors (Lipinski definition) is 1. The van der Waals surface area contributed by atoms with Gasteiger partial charge in [0.25, 0.3) is 0 Å². The molecule has 1 rings (SSSR count). The van der Waals surface area contributed by atoms with Gasteiger partial charge in [-0.3, -0.25) is 0 Å². The molecule has 1 aliphatic heterocycles. The lowest BCUT2D eigenvalue weighted by Crippen LogP contribution is -1.76. The van der Waals surface area contributed by atoms with Crippen molar-refractivity contribution in [1.29, 1.82) is 0 Å². The third-order valence-electron chi connectivity index (χ3n) is 1.06. The van der Waals surface area contributed by atoms with Gasteiger partial charge in [-0.1, -0.05) is 0 Å². The second kappa shape index (κ2) is 1.45. The van der Waals surface area contributed by atoms with E-state index in [0.29, 0.717) is 24.5 Å². The first-order chi connectivity index (χ1) is 3.30. The van der Waals surface area contributed by atoms with Gasteiger partial charge in [-0.15, -0.1) is 0 Å². The summed E-state index contributed by atoms with van der Waals surface area (Å²) in [6, 6.07) is 0. The minimum atomic E-state index is 0.403. The topological polar surface area (TPSA) is 29.5 Å². The third kappa shape index (κ3) is 0.683. The van der Waals surface area contributed by atoms with Crippen molar-refractivity contribution in [1.82, 2.24) is 0 Å².